The van der Waals surface area contributed by atoms with E-state index < -0.39 is 0 Å². The molecule has 92 valence electrons. The summed E-state index contributed by atoms with van der Waals surface area (Å²) in [5, 5.41) is 8.62. The number of carbonyl (C=O) groups excluding carboxylic acids is 1. The normalized spacial score (nSPS) is 24.9. The van der Waals surface area contributed by atoms with Crippen molar-refractivity contribution >= 4 is 5.91 Å². The third kappa shape index (κ3) is 1.83. The summed E-state index contributed by atoms with van der Waals surface area (Å²) in [6, 6.07) is 0. The fourth-order valence-corrected chi connectivity index (χ4v) is 2.85. The molecule has 1 amide bonds. The first-order valence-corrected chi connectivity index (χ1v) is 6.41. The predicted octanol–water partition coefficient (Wildman–Crippen LogP) is 0.950. The van der Waals surface area contributed by atoms with Gasteiger partial charge in [-0.2, -0.15) is 0 Å². The van der Waals surface area contributed by atoms with Gasteiger partial charge in [0.05, 0.1) is 0 Å². The van der Waals surface area contributed by atoms with Crippen molar-refractivity contribution in [3.63, 3.8) is 0 Å². The second kappa shape index (κ2) is 4.13. The highest BCUT2D eigenvalue weighted by Gasteiger charge is 2.32. The van der Waals surface area contributed by atoms with Crippen molar-refractivity contribution in [3.05, 3.63) is 11.6 Å². The molecular formula is C12H18N4O. The molecule has 5 nitrogen and oxygen atoms in total. The molecule has 1 aromatic heterocycles. The van der Waals surface area contributed by atoms with Crippen LogP contribution in [0.1, 0.15) is 43.3 Å². The standard InChI is InChI=1S/C12H18N4O/c1-15-8-9(7-11(15)17)12-14-13-10-5-3-2-4-6-16(10)12/h9H,2-8H2,1H3. The van der Waals surface area contributed by atoms with Crippen molar-refractivity contribution < 1.29 is 4.79 Å². The van der Waals surface area contributed by atoms with E-state index in [0.29, 0.717) is 6.42 Å². The van der Waals surface area contributed by atoms with Crippen LogP contribution in [-0.4, -0.2) is 39.2 Å². The van der Waals surface area contributed by atoms with Crippen LogP contribution in [0.3, 0.4) is 0 Å². The number of hydrogen-bond acceptors (Lipinski definition) is 3. The predicted molar refractivity (Wildman–Crippen MR) is 62.6 cm³/mol. The maximum Gasteiger partial charge on any atom is 0.223 e. The molecular weight excluding hydrogens is 216 g/mol. The van der Waals surface area contributed by atoms with Crippen LogP contribution in [0, 0.1) is 0 Å². The molecule has 3 rings (SSSR count). The summed E-state index contributed by atoms with van der Waals surface area (Å²) >= 11 is 0. The number of fused-ring (bicyclic) bond motifs is 1. The number of likely N-dealkylation sites (tertiary alicyclic amines) is 1. The smallest absolute Gasteiger partial charge is 0.223 e. The molecule has 0 bridgehead atoms. The van der Waals surface area contributed by atoms with Crippen molar-refractivity contribution in [1.82, 2.24) is 19.7 Å². The van der Waals surface area contributed by atoms with Gasteiger partial charge in [-0.3, -0.25) is 4.79 Å². The van der Waals surface area contributed by atoms with Gasteiger partial charge in [-0.1, -0.05) is 6.42 Å². The number of nitrogens with zero attached hydrogens (tertiary/aromatic N) is 4. The maximum absolute atomic E-state index is 11.6. The Morgan fingerprint density at radius 2 is 2.12 bits per heavy atom. The van der Waals surface area contributed by atoms with Crippen LogP contribution in [-0.2, 0) is 17.8 Å². The molecule has 2 aliphatic rings. The molecule has 3 heterocycles. The summed E-state index contributed by atoms with van der Waals surface area (Å²) in [5.41, 5.74) is 0. The van der Waals surface area contributed by atoms with Crippen LogP contribution in [0.15, 0.2) is 0 Å². The van der Waals surface area contributed by atoms with E-state index in [4.69, 9.17) is 0 Å². The Morgan fingerprint density at radius 1 is 1.24 bits per heavy atom. The van der Waals surface area contributed by atoms with Crippen molar-refractivity contribution in [2.75, 3.05) is 13.6 Å². The Morgan fingerprint density at radius 3 is 2.88 bits per heavy atom. The minimum atomic E-state index is 0.223. The zero-order chi connectivity index (χ0) is 11.8. The Kier molecular flexibility index (Phi) is 2.61. The van der Waals surface area contributed by atoms with E-state index in [-0.39, 0.29) is 11.8 Å². The molecule has 5 heteroatoms. The lowest BCUT2D eigenvalue weighted by molar-refractivity contribution is -0.126. The molecule has 1 saturated heterocycles. The lowest BCUT2D eigenvalue weighted by Crippen LogP contribution is -2.19. The largest absolute Gasteiger partial charge is 0.345 e. The van der Waals surface area contributed by atoms with Crippen LogP contribution in [0.4, 0.5) is 0 Å². The first-order valence-electron chi connectivity index (χ1n) is 6.41. The molecule has 0 N–H and O–H groups in total. The van der Waals surface area contributed by atoms with Gasteiger partial charge in [0.25, 0.3) is 0 Å². The second-order valence-corrected chi connectivity index (χ2v) is 5.11. The Hall–Kier alpha value is -1.39. The highest BCUT2D eigenvalue weighted by Crippen LogP contribution is 2.27. The fraction of sp³-hybridized carbons (Fsp3) is 0.750. The Labute approximate surface area is 101 Å². The maximum atomic E-state index is 11.6. The van der Waals surface area contributed by atoms with Gasteiger partial charge in [0.2, 0.25) is 5.91 Å². The van der Waals surface area contributed by atoms with E-state index in [1.165, 1.54) is 19.3 Å². The Bertz CT molecular complexity index is 440. The summed E-state index contributed by atoms with van der Waals surface area (Å²) in [6.07, 6.45) is 5.31. The van der Waals surface area contributed by atoms with E-state index in [1.54, 1.807) is 4.90 Å². The van der Waals surface area contributed by atoms with Gasteiger partial charge < -0.3 is 9.47 Å². The van der Waals surface area contributed by atoms with Gasteiger partial charge in [-0.15, -0.1) is 10.2 Å². The fourth-order valence-electron chi connectivity index (χ4n) is 2.85. The van der Waals surface area contributed by atoms with Gasteiger partial charge in [-0.05, 0) is 12.8 Å². The number of carbonyl (C=O) groups is 1. The zero-order valence-electron chi connectivity index (χ0n) is 10.2. The zero-order valence-corrected chi connectivity index (χ0v) is 10.2. The van der Waals surface area contributed by atoms with Crippen LogP contribution >= 0.6 is 0 Å². The topological polar surface area (TPSA) is 51.0 Å². The average Bonchev–Trinajstić information content (AvgIpc) is 2.76. The number of likely N-dealkylation sites (N-methyl/N-ethyl adjacent to an activating group) is 1. The monoisotopic (exact) mass is 234 g/mol. The molecule has 1 aromatic rings. The van der Waals surface area contributed by atoms with Crippen molar-refractivity contribution in [2.45, 2.75) is 44.6 Å². The molecule has 1 atom stereocenters. The summed E-state index contributed by atoms with van der Waals surface area (Å²) < 4.78 is 2.25. The molecule has 0 radical (unpaired) electrons. The van der Waals surface area contributed by atoms with Crippen molar-refractivity contribution in [3.8, 4) is 0 Å². The highest BCUT2D eigenvalue weighted by molar-refractivity contribution is 5.79. The number of rotatable bonds is 1. The highest BCUT2D eigenvalue weighted by atomic mass is 16.2. The van der Waals surface area contributed by atoms with E-state index >= 15 is 0 Å². The van der Waals surface area contributed by atoms with Crippen molar-refractivity contribution in [2.24, 2.45) is 0 Å². The summed E-state index contributed by atoms with van der Waals surface area (Å²) in [4.78, 5) is 13.4. The molecule has 0 saturated carbocycles. The van der Waals surface area contributed by atoms with Gasteiger partial charge >= 0.3 is 0 Å². The van der Waals surface area contributed by atoms with E-state index in [2.05, 4.69) is 14.8 Å². The van der Waals surface area contributed by atoms with Crippen LogP contribution in [0.25, 0.3) is 0 Å². The number of amides is 1. The molecule has 1 fully saturated rings. The first kappa shape index (κ1) is 10.7. The summed E-state index contributed by atoms with van der Waals surface area (Å²) in [5.74, 6) is 2.60. The molecule has 0 aromatic carbocycles. The van der Waals surface area contributed by atoms with Gasteiger partial charge in [0, 0.05) is 38.9 Å². The number of aryl methyl sites for hydroxylation is 1. The minimum Gasteiger partial charge on any atom is -0.345 e. The quantitative estimate of drug-likeness (QED) is 0.727. The van der Waals surface area contributed by atoms with E-state index in [1.807, 2.05) is 7.05 Å². The van der Waals surface area contributed by atoms with Gasteiger partial charge in [0.1, 0.15) is 11.6 Å². The number of aromatic nitrogens is 3. The minimum absolute atomic E-state index is 0.223. The average molecular weight is 234 g/mol. The summed E-state index contributed by atoms with van der Waals surface area (Å²) in [7, 11) is 1.86. The number of hydrogen-bond donors (Lipinski definition) is 0. The molecule has 0 aliphatic carbocycles. The summed E-state index contributed by atoms with van der Waals surface area (Å²) in [6.45, 7) is 1.81. The van der Waals surface area contributed by atoms with Gasteiger partial charge in [-0.25, -0.2) is 0 Å². The van der Waals surface area contributed by atoms with Crippen LogP contribution in [0.5, 0.6) is 0 Å². The molecule has 1 unspecified atom stereocenters. The lowest BCUT2D eigenvalue weighted by atomic mass is 10.1. The SMILES string of the molecule is CN1CC(c2nnc3n2CCCCC3)CC1=O. The molecule has 2 aliphatic heterocycles. The third-order valence-electron chi connectivity index (χ3n) is 3.84. The van der Waals surface area contributed by atoms with Crippen LogP contribution < -0.4 is 0 Å². The second-order valence-electron chi connectivity index (χ2n) is 5.11. The first-order chi connectivity index (χ1) is 8.25. The third-order valence-corrected chi connectivity index (χ3v) is 3.84. The molecule has 17 heavy (non-hydrogen) atoms. The van der Waals surface area contributed by atoms with Crippen molar-refractivity contribution in [1.29, 1.82) is 0 Å². The van der Waals surface area contributed by atoms with E-state index in [0.717, 1.165) is 31.2 Å². The van der Waals surface area contributed by atoms with Gasteiger partial charge in [0.15, 0.2) is 0 Å². The van der Waals surface area contributed by atoms with Crippen LogP contribution in [0.2, 0.25) is 0 Å². The van der Waals surface area contributed by atoms with E-state index in [9.17, 15) is 4.79 Å². The lowest BCUT2D eigenvalue weighted by Gasteiger charge is -2.12. The molecule has 0 spiro atoms. The Balaban J connectivity index is 1.89.